The number of halogens is 2. The van der Waals surface area contributed by atoms with Crippen molar-refractivity contribution in [3.8, 4) is 0 Å². The number of anilines is 1. The number of hydrogen-bond acceptors (Lipinski definition) is 6. The van der Waals surface area contributed by atoms with E-state index in [1.165, 1.54) is 5.57 Å². The van der Waals surface area contributed by atoms with Crippen LogP contribution in [0.15, 0.2) is 48.1 Å². The van der Waals surface area contributed by atoms with Crippen molar-refractivity contribution in [2.45, 2.75) is 77.2 Å². The molecule has 1 aromatic carbocycles. The molecule has 0 unspecified atom stereocenters. The van der Waals surface area contributed by atoms with Crippen LogP contribution in [-0.2, 0) is 25.5 Å². The maximum Gasteiger partial charge on any atom is 0.306 e. The van der Waals surface area contributed by atoms with Crippen molar-refractivity contribution in [1.82, 2.24) is 0 Å². The van der Waals surface area contributed by atoms with Crippen LogP contribution in [0.1, 0.15) is 70.8 Å². The molecular weight excluding hydrogens is 585 g/mol. The number of ether oxygens (including phenoxy) is 1. The van der Waals surface area contributed by atoms with Gasteiger partial charge >= 0.3 is 5.97 Å². The van der Waals surface area contributed by atoms with Gasteiger partial charge in [-0.05, 0) is 99.0 Å². The predicted octanol–water partition coefficient (Wildman–Crippen LogP) is 6.44. The van der Waals surface area contributed by atoms with E-state index in [2.05, 4.69) is 37.0 Å². The van der Waals surface area contributed by atoms with Gasteiger partial charge in [0.1, 0.15) is 5.60 Å². The summed E-state index contributed by atoms with van der Waals surface area (Å²) in [4.78, 5) is 40.2. The van der Waals surface area contributed by atoms with E-state index >= 15 is 0 Å². The van der Waals surface area contributed by atoms with E-state index in [0.717, 1.165) is 62.9 Å². The quantitative estimate of drug-likeness (QED) is 0.211. The number of aliphatic hydroxyl groups is 1. The van der Waals surface area contributed by atoms with Crippen LogP contribution in [0.5, 0.6) is 0 Å². The number of fused-ring (bicyclic) bond motifs is 5. The summed E-state index contributed by atoms with van der Waals surface area (Å²) in [6, 6.07) is 8.19. The molecule has 0 heterocycles. The largest absolute Gasteiger partial charge is 0.458 e. The van der Waals surface area contributed by atoms with Crippen molar-refractivity contribution in [2.24, 2.45) is 28.6 Å². The standard InChI is InChI=1S/C35H45Cl2NO5/c1-33-15-12-27(39)22-25(33)8-11-28-29(33)13-16-34(2)30(28)14-17-35(34,42)31(40)23-43-32(41)5-3-4-24-6-9-26(10-7-24)38(20-18-36)21-19-37/h6-7,9-10,12,15,22,28-30,42H,3-5,8,11,13-14,16-21,23H2,1-2H3/t28-,29+,30+,33+,34+,35+/m0/s1. The molecule has 1 aromatic rings. The number of ketones is 2. The third kappa shape index (κ3) is 6.09. The van der Waals surface area contributed by atoms with E-state index in [-0.39, 0.29) is 35.9 Å². The molecule has 4 aliphatic carbocycles. The molecule has 43 heavy (non-hydrogen) atoms. The van der Waals surface area contributed by atoms with Gasteiger partial charge in [0.2, 0.25) is 5.78 Å². The van der Waals surface area contributed by atoms with Crippen LogP contribution in [0.3, 0.4) is 0 Å². The first kappa shape index (κ1) is 32.2. The molecule has 0 spiro atoms. The normalized spacial score (nSPS) is 32.8. The van der Waals surface area contributed by atoms with Crippen LogP contribution in [0.2, 0.25) is 0 Å². The Morgan fingerprint density at radius 3 is 2.42 bits per heavy atom. The smallest absolute Gasteiger partial charge is 0.306 e. The molecule has 0 aromatic heterocycles. The molecule has 4 aliphatic rings. The minimum Gasteiger partial charge on any atom is -0.458 e. The van der Waals surface area contributed by atoms with Gasteiger partial charge in [0.05, 0.1) is 0 Å². The van der Waals surface area contributed by atoms with Crippen molar-refractivity contribution >= 4 is 46.4 Å². The lowest BCUT2D eigenvalue weighted by Crippen LogP contribution is -2.58. The van der Waals surface area contributed by atoms with Crippen molar-refractivity contribution < 1.29 is 24.2 Å². The van der Waals surface area contributed by atoms with Crippen molar-refractivity contribution in [2.75, 3.05) is 36.4 Å². The van der Waals surface area contributed by atoms with E-state index in [1.54, 1.807) is 6.08 Å². The topological polar surface area (TPSA) is 83.9 Å². The molecule has 0 aliphatic heterocycles. The Morgan fingerprint density at radius 1 is 1.02 bits per heavy atom. The van der Waals surface area contributed by atoms with Crippen LogP contribution < -0.4 is 4.90 Å². The van der Waals surface area contributed by atoms with Gasteiger partial charge in [0.15, 0.2) is 12.4 Å². The third-order valence-corrected chi connectivity index (χ3v) is 11.7. The van der Waals surface area contributed by atoms with Crippen LogP contribution in [-0.4, -0.2) is 59.7 Å². The summed E-state index contributed by atoms with van der Waals surface area (Å²) in [6.07, 6.45) is 11.9. The maximum absolute atomic E-state index is 13.5. The summed E-state index contributed by atoms with van der Waals surface area (Å²) >= 11 is 11.8. The second-order valence-electron chi connectivity index (χ2n) is 13.4. The lowest BCUT2D eigenvalue weighted by atomic mass is 9.47. The second-order valence-corrected chi connectivity index (χ2v) is 14.2. The second kappa shape index (κ2) is 13.1. The first-order valence-corrected chi connectivity index (χ1v) is 16.9. The zero-order chi connectivity index (χ0) is 30.8. The summed E-state index contributed by atoms with van der Waals surface area (Å²) in [6.45, 7) is 5.40. The molecule has 5 rings (SSSR count). The molecule has 0 amide bonds. The molecule has 3 saturated carbocycles. The summed E-state index contributed by atoms with van der Waals surface area (Å²) in [5.41, 5.74) is 1.26. The Bertz CT molecular complexity index is 1270. The molecule has 6 nitrogen and oxygen atoms in total. The summed E-state index contributed by atoms with van der Waals surface area (Å²) in [5, 5.41) is 11.9. The summed E-state index contributed by atoms with van der Waals surface area (Å²) in [5.74, 6) is 1.36. The van der Waals surface area contributed by atoms with Gasteiger partial charge in [-0.15, -0.1) is 23.2 Å². The third-order valence-electron chi connectivity index (χ3n) is 11.4. The average Bonchev–Trinajstić information content (AvgIpc) is 3.28. The average molecular weight is 631 g/mol. The van der Waals surface area contributed by atoms with Crippen molar-refractivity contribution in [1.29, 1.82) is 0 Å². The number of Topliss-reactive ketones (excluding diaryl/α,β-unsaturated/α-hetero) is 1. The molecule has 3 fully saturated rings. The number of hydrogen-bond donors (Lipinski definition) is 1. The molecule has 8 heteroatoms. The van der Waals surface area contributed by atoms with Gasteiger partial charge in [-0.25, -0.2) is 0 Å². The SMILES string of the molecule is C[C@@]12C=CC(=O)C=C1CC[C@H]1[C@H]2CC[C@]2(C)[C@@H]1CC[C@@]2(O)C(=O)COC(=O)CCCc1ccc(N(CCCl)CCCl)cc1. The number of carbonyl (C=O) groups excluding carboxylic acids is 3. The fraction of sp³-hybridized carbons (Fsp3) is 0.629. The van der Waals surface area contributed by atoms with Crippen molar-refractivity contribution in [3.63, 3.8) is 0 Å². The van der Waals surface area contributed by atoms with E-state index in [4.69, 9.17) is 27.9 Å². The van der Waals surface area contributed by atoms with Crippen LogP contribution >= 0.6 is 23.2 Å². The van der Waals surface area contributed by atoms with Gasteiger partial charge in [-0.1, -0.05) is 37.6 Å². The molecule has 6 atom stereocenters. The van der Waals surface area contributed by atoms with Gasteiger partial charge in [0.25, 0.3) is 0 Å². The molecule has 0 saturated heterocycles. The molecule has 0 radical (unpaired) electrons. The minimum absolute atomic E-state index is 0.0735. The highest BCUT2D eigenvalue weighted by atomic mass is 35.5. The van der Waals surface area contributed by atoms with Crippen molar-refractivity contribution in [3.05, 3.63) is 53.6 Å². The Morgan fingerprint density at radius 2 is 1.72 bits per heavy atom. The number of rotatable bonds is 12. The summed E-state index contributed by atoms with van der Waals surface area (Å²) < 4.78 is 5.42. The number of allylic oxidation sites excluding steroid dienone is 4. The number of alkyl halides is 2. The zero-order valence-corrected chi connectivity index (χ0v) is 27.0. The minimum atomic E-state index is -1.49. The zero-order valence-electron chi connectivity index (χ0n) is 25.5. The first-order chi connectivity index (χ1) is 20.6. The molecular formula is C35H45Cl2NO5. The highest BCUT2D eigenvalue weighted by Crippen LogP contribution is 2.67. The van der Waals surface area contributed by atoms with E-state index in [9.17, 15) is 19.5 Å². The van der Waals surface area contributed by atoms with E-state index < -0.39 is 17.0 Å². The molecule has 0 bridgehead atoms. The Hall–Kier alpha value is -2.15. The lowest BCUT2D eigenvalue weighted by Gasteiger charge is -2.57. The fourth-order valence-corrected chi connectivity index (χ4v) is 9.30. The van der Waals surface area contributed by atoms with Crippen LogP contribution in [0.25, 0.3) is 0 Å². The number of esters is 1. The number of nitrogens with zero attached hydrogens (tertiary/aromatic N) is 1. The van der Waals surface area contributed by atoms with Crippen LogP contribution in [0, 0.1) is 28.6 Å². The summed E-state index contributed by atoms with van der Waals surface area (Å²) in [7, 11) is 0. The molecule has 1 N–H and O–H groups in total. The first-order valence-electron chi connectivity index (χ1n) is 15.9. The Labute approximate surface area is 265 Å². The number of aryl methyl sites for hydroxylation is 1. The van der Waals surface area contributed by atoms with Gasteiger partial charge < -0.3 is 14.7 Å². The Balaban J connectivity index is 1.12. The molecule has 234 valence electrons. The van der Waals surface area contributed by atoms with Gasteiger partial charge in [-0.2, -0.15) is 0 Å². The Kier molecular flexibility index (Phi) is 9.80. The van der Waals surface area contributed by atoms with E-state index in [1.807, 2.05) is 18.2 Å². The predicted molar refractivity (Wildman–Crippen MR) is 171 cm³/mol. The maximum atomic E-state index is 13.5. The van der Waals surface area contributed by atoms with E-state index in [0.29, 0.717) is 36.4 Å². The van der Waals surface area contributed by atoms with Crippen LogP contribution in [0.4, 0.5) is 5.69 Å². The van der Waals surface area contributed by atoms with Gasteiger partial charge in [0, 0.05) is 47.8 Å². The number of carbonyl (C=O) groups is 3. The number of benzene rings is 1. The monoisotopic (exact) mass is 629 g/mol. The highest BCUT2D eigenvalue weighted by Gasteiger charge is 2.66. The fourth-order valence-electron chi connectivity index (χ4n) is 8.89. The van der Waals surface area contributed by atoms with Gasteiger partial charge in [-0.3, -0.25) is 14.4 Å². The highest BCUT2D eigenvalue weighted by molar-refractivity contribution is 6.18. The lowest BCUT2D eigenvalue weighted by molar-refractivity contribution is -0.169.